The van der Waals surface area contributed by atoms with Crippen molar-refractivity contribution in [3.63, 3.8) is 0 Å². The average molecular weight is 300 g/mol. The molecule has 0 aromatic heterocycles. The number of methoxy groups -OCH3 is 1. The van der Waals surface area contributed by atoms with E-state index in [1.54, 1.807) is 4.90 Å². The molecule has 0 saturated carbocycles. The first-order valence-corrected chi connectivity index (χ1v) is 6.70. The van der Waals surface area contributed by atoms with Gasteiger partial charge in [-0.15, -0.1) is 0 Å². The number of carbonyl (C=O) groups is 1. The molecule has 1 aliphatic rings. The minimum absolute atomic E-state index is 0.0282. The number of carbonyl (C=O) groups excluding carboxylic acids is 1. The van der Waals surface area contributed by atoms with Crippen LogP contribution < -0.4 is 15.2 Å². The Morgan fingerprint density at radius 1 is 1.48 bits per heavy atom. The maximum Gasteiger partial charge on any atom is 0.387 e. The number of amides is 1. The number of nitrogens with two attached hydrogens (primary N) is 1. The summed E-state index contributed by atoms with van der Waals surface area (Å²) in [6.07, 6.45) is 1.79. The zero-order valence-electron chi connectivity index (χ0n) is 11.7. The van der Waals surface area contributed by atoms with Crippen LogP contribution in [-0.2, 0) is 0 Å². The Bertz CT molecular complexity index is 511. The molecule has 7 heteroatoms. The van der Waals surface area contributed by atoms with Gasteiger partial charge in [0, 0.05) is 24.7 Å². The summed E-state index contributed by atoms with van der Waals surface area (Å²) in [5.41, 5.74) is 6.02. The SMILES string of the molecule is COc1cc(C(=O)N2CCCC2CN)ccc1OC(F)F. The fourth-order valence-corrected chi connectivity index (χ4v) is 2.51. The second kappa shape index (κ2) is 6.71. The number of nitrogens with zero attached hydrogens (tertiary/aromatic N) is 1. The van der Waals surface area contributed by atoms with Gasteiger partial charge in [-0.25, -0.2) is 0 Å². The molecule has 1 amide bonds. The van der Waals surface area contributed by atoms with Crippen LogP contribution in [0, 0.1) is 0 Å². The third kappa shape index (κ3) is 3.41. The fraction of sp³-hybridized carbons (Fsp3) is 0.500. The number of ether oxygens (including phenoxy) is 2. The molecule has 0 aliphatic carbocycles. The lowest BCUT2D eigenvalue weighted by molar-refractivity contribution is -0.0512. The second-order valence-corrected chi connectivity index (χ2v) is 4.77. The van der Waals surface area contributed by atoms with Crippen molar-refractivity contribution in [2.24, 2.45) is 5.73 Å². The molecule has 1 unspecified atom stereocenters. The van der Waals surface area contributed by atoms with E-state index < -0.39 is 6.61 Å². The molecule has 1 aromatic carbocycles. The number of likely N-dealkylation sites (tertiary alicyclic amines) is 1. The summed E-state index contributed by atoms with van der Waals surface area (Å²) < 4.78 is 33.9. The molecule has 1 aromatic rings. The molecule has 1 fully saturated rings. The first-order valence-electron chi connectivity index (χ1n) is 6.70. The Kier molecular flexibility index (Phi) is 4.95. The van der Waals surface area contributed by atoms with Crippen molar-refractivity contribution in [2.75, 3.05) is 20.2 Å². The van der Waals surface area contributed by atoms with Crippen LogP contribution in [0.4, 0.5) is 8.78 Å². The van der Waals surface area contributed by atoms with Crippen LogP contribution in [0.15, 0.2) is 18.2 Å². The predicted octanol–water partition coefficient (Wildman–Crippen LogP) is 1.86. The average Bonchev–Trinajstić information content (AvgIpc) is 2.94. The zero-order valence-corrected chi connectivity index (χ0v) is 11.7. The molecule has 0 bridgehead atoms. The Morgan fingerprint density at radius 3 is 2.86 bits per heavy atom. The largest absolute Gasteiger partial charge is 0.493 e. The summed E-state index contributed by atoms with van der Waals surface area (Å²) in [5.74, 6) is -0.171. The maximum absolute atomic E-state index is 12.4. The maximum atomic E-state index is 12.4. The van der Waals surface area contributed by atoms with E-state index in [2.05, 4.69) is 4.74 Å². The standard InChI is InChI=1S/C14H18F2N2O3/c1-20-12-7-9(4-5-11(12)21-14(15)16)13(19)18-6-2-3-10(18)8-17/h4-5,7,10,14H,2-3,6,8,17H2,1H3. The van der Waals surface area contributed by atoms with Crippen LogP contribution >= 0.6 is 0 Å². The van der Waals surface area contributed by atoms with E-state index in [9.17, 15) is 13.6 Å². The predicted molar refractivity (Wildman–Crippen MR) is 72.7 cm³/mol. The first kappa shape index (κ1) is 15.5. The van der Waals surface area contributed by atoms with Crippen molar-refractivity contribution in [3.8, 4) is 11.5 Å². The second-order valence-electron chi connectivity index (χ2n) is 4.77. The number of alkyl halides is 2. The van der Waals surface area contributed by atoms with Gasteiger partial charge in [0.05, 0.1) is 7.11 Å². The van der Waals surface area contributed by atoms with E-state index in [-0.39, 0.29) is 23.4 Å². The molecule has 1 saturated heterocycles. The van der Waals surface area contributed by atoms with Crippen LogP contribution in [-0.4, -0.2) is 43.7 Å². The summed E-state index contributed by atoms with van der Waals surface area (Å²) in [4.78, 5) is 14.2. The zero-order chi connectivity index (χ0) is 15.4. The minimum atomic E-state index is -2.94. The minimum Gasteiger partial charge on any atom is -0.493 e. The van der Waals surface area contributed by atoms with E-state index >= 15 is 0 Å². The smallest absolute Gasteiger partial charge is 0.387 e. The van der Waals surface area contributed by atoms with Crippen molar-refractivity contribution < 1.29 is 23.0 Å². The van der Waals surface area contributed by atoms with Gasteiger partial charge in [0.25, 0.3) is 5.91 Å². The lowest BCUT2D eigenvalue weighted by Gasteiger charge is -2.23. The van der Waals surface area contributed by atoms with Crippen molar-refractivity contribution in [1.82, 2.24) is 4.90 Å². The van der Waals surface area contributed by atoms with E-state index in [4.69, 9.17) is 10.5 Å². The molecule has 0 radical (unpaired) electrons. The monoisotopic (exact) mass is 300 g/mol. The number of hydrogen-bond donors (Lipinski definition) is 1. The highest BCUT2D eigenvalue weighted by Crippen LogP contribution is 2.30. The lowest BCUT2D eigenvalue weighted by Crippen LogP contribution is -2.39. The van der Waals surface area contributed by atoms with Crippen molar-refractivity contribution >= 4 is 5.91 Å². The van der Waals surface area contributed by atoms with Crippen LogP contribution in [0.1, 0.15) is 23.2 Å². The topological polar surface area (TPSA) is 64.8 Å². The summed E-state index contributed by atoms with van der Waals surface area (Å²) in [5, 5.41) is 0. The van der Waals surface area contributed by atoms with Gasteiger partial charge in [-0.3, -0.25) is 4.79 Å². The lowest BCUT2D eigenvalue weighted by atomic mass is 10.1. The third-order valence-corrected chi connectivity index (χ3v) is 3.54. The quantitative estimate of drug-likeness (QED) is 0.901. The van der Waals surface area contributed by atoms with Crippen molar-refractivity contribution in [1.29, 1.82) is 0 Å². The number of rotatable bonds is 5. The van der Waals surface area contributed by atoms with E-state index in [1.807, 2.05) is 0 Å². The number of benzene rings is 1. The highest BCUT2D eigenvalue weighted by atomic mass is 19.3. The molecule has 2 N–H and O–H groups in total. The summed E-state index contributed by atoms with van der Waals surface area (Å²) in [6.45, 7) is -1.88. The van der Waals surface area contributed by atoms with Crippen LogP contribution in [0.2, 0.25) is 0 Å². The van der Waals surface area contributed by atoms with Gasteiger partial charge in [-0.05, 0) is 31.0 Å². The van der Waals surface area contributed by atoms with Gasteiger partial charge < -0.3 is 20.1 Å². The van der Waals surface area contributed by atoms with Crippen LogP contribution in [0.5, 0.6) is 11.5 Å². The number of hydrogen-bond acceptors (Lipinski definition) is 4. The molecular weight excluding hydrogens is 282 g/mol. The summed E-state index contributed by atoms with van der Waals surface area (Å²) in [7, 11) is 1.33. The van der Waals surface area contributed by atoms with E-state index in [0.717, 1.165) is 12.8 Å². The Hall–Kier alpha value is -1.89. The van der Waals surface area contributed by atoms with Crippen molar-refractivity contribution in [2.45, 2.75) is 25.5 Å². The molecule has 2 rings (SSSR count). The molecule has 1 aliphatic heterocycles. The molecule has 1 atom stereocenters. The van der Waals surface area contributed by atoms with Gasteiger partial charge in [-0.2, -0.15) is 8.78 Å². The van der Waals surface area contributed by atoms with Gasteiger partial charge >= 0.3 is 6.61 Å². The van der Waals surface area contributed by atoms with Crippen LogP contribution in [0.25, 0.3) is 0 Å². The highest BCUT2D eigenvalue weighted by Gasteiger charge is 2.28. The molecule has 116 valence electrons. The third-order valence-electron chi connectivity index (χ3n) is 3.54. The van der Waals surface area contributed by atoms with Gasteiger partial charge in [0.1, 0.15) is 0 Å². The van der Waals surface area contributed by atoms with Crippen molar-refractivity contribution in [3.05, 3.63) is 23.8 Å². The molecule has 0 spiro atoms. The highest BCUT2D eigenvalue weighted by molar-refractivity contribution is 5.95. The summed E-state index contributed by atoms with van der Waals surface area (Å²) >= 11 is 0. The Morgan fingerprint density at radius 2 is 2.24 bits per heavy atom. The molecule has 1 heterocycles. The van der Waals surface area contributed by atoms with Gasteiger partial charge in [-0.1, -0.05) is 0 Å². The Labute approximate surface area is 121 Å². The van der Waals surface area contributed by atoms with Crippen LogP contribution in [0.3, 0.4) is 0 Å². The molecular formula is C14H18F2N2O3. The normalized spacial score (nSPS) is 18.1. The van der Waals surface area contributed by atoms with E-state index in [1.165, 1.54) is 25.3 Å². The fourth-order valence-electron chi connectivity index (χ4n) is 2.51. The van der Waals surface area contributed by atoms with E-state index in [0.29, 0.717) is 18.7 Å². The summed E-state index contributed by atoms with van der Waals surface area (Å²) in [6, 6.07) is 4.20. The molecule has 21 heavy (non-hydrogen) atoms. The Balaban J connectivity index is 2.22. The molecule has 5 nitrogen and oxygen atoms in total. The number of halogens is 2. The first-order chi connectivity index (χ1) is 10.1. The van der Waals surface area contributed by atoms with Gasteiger partial charge in [0.15, 0.2) is 11.5 Å². The van der Waals surface area contributed by atoms with Gasteiger partial charge in [0.2, 0.25) is 0 Å².